The van der Waals surface area contributed by atoms with E-state index in [9.17, 15) is 13.2 Å². The maximum absolute atomic E-state index is 13.0. The Kier molecular flexibility index (Phi) is 2.91. The van der Waals surface area contributed by atoms with Gasteiger partial charge in [-0.1, -0.05) is 0 Å². The van der Waals surface area contributed by atoms with Crippen LogP contribution in [0.3, 0.4) is 0 Å². The van der Waals surface area contributed by atoms with Gasteiger partial charge in [-0.05, 0) is 24.3 Å². The largest absolute Gasteiger partial charge is 0.455 e. The second kappa shape index (κ2) is 4.37. The molecule has 0 aliphatic rings. The van der Waals surface area contributed by atoms with Crippen LogP contribution in [0.15, 0.2) is 36.4 Å². The fourth-order valence-electron chi connectivity index (χ4n) is 1.26. The number of halogens is 3. The SMILES string of the molecule is Nc1cc(F)c(F)cc1Oc1ccc(F)cc1. The molecule has 0 atom stereocenters. The molecule has 0 aliphatic carbocycles. The van der Waals surface area contributed by atoms with E-state index in [-0.39, 0.29) is 17.2 Å². The molecule has 2 aromatic rings. The van der Waals surface area contributed by atoms with Crippen LogP contribution < -0.4 is 10.5 Å². The number of anilines is 1. The van der Waals surface area contributed by atoms with Gasteiger partial charge in [-0.15, -0.1) is 0 Å². The van der Waals surface area contributed by atoms with Crippen LogP contribution in [0, 0.1) is 17.5 Å². The molecule has 17 heavy (non-hydrogen) atoms. The second-order valence-corrected chi connectivity index (χ2v) is 3.36. The minimum atomic E-state index is -1.06. The topological polar surface area (TPSA) is 35.2 Å². The number of benzene rings is 2. The highest BCUT2D eigenvalue weighted by atomic mass is 19.2. The van der Waals surface area contributed by atoms with E-state index in [1.165, 1.54) is 24.3 Å². The summed E-state index contributed by atoms with van der Waals surface area (Å²) in [4.78, 5) is 0. The van der Waals surface area contributed by atoms with Crippen LogP contribution in [-0.2, 0) is 0 Å². The second-order valence-electron chi connectivity index (χ2n) is 3.36. The van der Waals surface area contributed by atoms with Gasteiger partial charge in [0.05, 0.1) is 5.69 Å². The summed E-state index contributed by atoms with van der Waals surface area (Å²) in [6, 6.07) is 6.76. The highest BCUT2D eigenvalue weighted by molar-refractivity contribution is 5.54. The van der Waals surface area contributed by atoms with Crippen molar-refractivity contribution in [2.45, 2.75) is 0 Å². The van der Waals surface area contributed by atoms with Crippen molar-refractivity contribution < 1.29 is 17.9 Å². The van der Waals surface area contributed by atoms with E-state index in [1.807, 2.05) is 0 Å². The Morgan fingerprint density at radius 1 is 0.882 bits per heavy atom. The summed E-state index contributed by atoms with van der Waals surface area (Å²) < 4.78 is 43.6. The molecule has 2 rings (SSSR count). The number of ether oxygens (including phenoxy) is 1. The van der Waals surface area contributed by atoms with Crippen LogP contribution in [0.5, 0.6) is 11.5 Å². The number of nitrogens with two attached hydrogens (primary N) is 1. The molecule has 0 spiro atoms. The molecule has 2 nitrogen and oxygen atoms in total. The third-order valence-corrected chi connectivity index (χ3v) is 2.09. The Labute approximate surface area is 95.4 Å². The van der Waals surface area contributed by atoms with Gasteiger partial charge in [0.1, 0.15) is 11.6 Å². The van der Waals surface area contributed by atoms with E-state index < -0.39 is 17.5 Å². The fraction of sp³-hybridized carbons (Fsp3) is 0. The molecule has 0 aliphatic heterocycles. The molecule has 0 amide bonds. The fourth-order valence-corrected chi connectivity index (χ4v) is 1.26. The minimum Gasteiger partial charge on any atom is -0.455 e. The van der Waals surface area contributed by atoms with Crippen molar-refractivity contribution in [1.29, 1.82) is 0 Å². The Bertz CT molecular complexity index is 540. The Morgan fingerprint density at radius 2 is 1.47 bits per heavy atom. The molecule has 0 heterocycles. The van der Waals surface area contributed by atoms with Crippen LogP contribution in [0.1, 0.15) is 0 Å². The molecular weight excluding hydrogens is 231 g/mol. The van der Waals surface area contributed by atoms with E-state index in [0.29, 0.717) is 0 Å². The van der Waals surface area contributed by atoms with Crippen molar-refractivity contribution in [3.63, 3.8) is 0 Å². The summed E-state index contributed by atoms with van der Waals surface area (Å²) in [7, 11) is 0. The third-order valence-electron chi connectivity index (χ3n) is 2.09. The van der Waals surface area contributed by atoms with Crippen molar-refractivity contribution in [3.8, 4) is 11.5 Å². The number of hydrogen-bond acceptors (Lipinski definition) is 2. The maximum Gasteiger partial charge on any atom is 0.162 e. The maximum atomic E-state index is 13.0. The van der Waals surface area contributed by atoms with Gasteiger partial charge in [-0.2, -0.15) is 0 Å². The van der Waals surface area contributed by atoms with Crippen LogP contribution in [0.2, 0.25) is 0 Å². The standard InChI is InChI=1S/C12H8F3NO/c13-7-1-3-8(4-2-7)17-12-6-10(15)9(14)5-11(12)16/h1-6H,16H2. The zero-order valence-corrected chi connectivity index (χ0v) is 8.58. The molecule has 2 N–H and O–H groups in total. The highest BCUT2D eigenvalue weighted by Crippen LogP contribution is 2.29. The molecule has 5 heteroatoms. The van der Waals surface area contributed by atoms with Gasteiger partial charge < -0.3 is 10.5 Å². The molecule has 0 aromatic heterocycles. The number of hydrogen-bond donors (Lipinski definition) is 1. The molecule has 0 bridgehead atoms. The molecule has 88 valence electrons. The van der Waals surface area contributed by atoms with Gasteiger partial charge in [0, 0.05) is 12.1 Å². The summed E-state index contributed by atoms with van der Waals surface area (Å²) in [5.74, 6) is -2.26. The monoisotopic (exact) mass is 239 g/mol. The molecule has 0 unspecified atom stereocenters. The first-order valence-corrected chi connectivity index (χ1v) is 4.74. The molecular formula is C12H8F3NO. The Hall–Kier alpha value is -2.17. The van der Waals surface area contributed by atoms with E-state index >= 15 is 0 Å². The van der Waals surface area contributed by atoms with Crippen molar-refractivity contribution in [3.05, 3.63) is 53.8 Å². The summed E-state index contributed by atoms with van der Waals surface area (Å²) >= 11 is 0. The highest BCUT2D eigenvalue weighted by Gasteiger charge is 2.09. The van der Waals surface area contributed by atoms with Gasteiger partial charge in [0.15, 0.2) is 17.4 Å². The predicted octanol–water partition coefficient (Wildman–Crippen LogP) is 3.48. The van der Waals surface area contributed by atoms with Crippen LogP contribution in [-0.4, -0.2) is 0 Å². The normalized spacial score (nSPS) is 10.3. The average molecular weight is 239 g/mol. The summed E-state index contributed by atoms with van der Waals surface area (Å²) in [5.41, 5.74) is 5.43. The summed E-state index contributed by atoms with van der Waals surface area (Å²) in [6.07, 6.45) is 0. The predicted molar refractivity (Wildman–Crippen MR) is 57.2 cm³/mol. The summed E-state index contributed by atoms with van der Waals surface area (Å²) in [5, 5.41) is 0. The lowest BCUT2D eigenvalue weighted by Gasteiger charge is -2.08. The third kappa shape index (κ3) is 2.50. The molecule has 0 saturated heterocycles. The zero-order valence-electron chi connectivity index (χ0n) is 8.58. The van der Waals surface area contributed by atoms with Crippen molar-refractivity contribution >= 4 is 5.69 Å². The minimum absolute atomic E-state index is 0.0180. The lowest BCUT2D eigenvalue weighted by atomic mass is 10.2. The lowest BCUT2D eigenvalue weighted by Crippen LogP contribution is -1.95. The van der Waals surface area contributed by atoms with E-state index in [2.05, 4.69) is 0 Å². The average Bonchev–Trinajstić information content (AvgIpc) is 2.29. The Balaban J connectivity index is 2.30. The molecule has 2 aromatic carbocycles. The quantitative estimate of drug-likeness (QED) is 0.814. The van der Waals surface area contributed by atoms with Crippen LogP contribution in [0.4, 0.5) is 18.9 Å². The van der Waals surface area contributed by atoms with Crippen molar-refractivity contribution in [1.82, 2.24) is 0 Å². The van der Waals surface area contributed by atoms with Crippen LogP contribution in [0.25, 0.3) is 0 Å². The van der Waals surface area contributed by atoms with E-state index in [1.54, 1.807) is 0 Å². The van der Waals surface area contributed by atoms with E-state index in [4.69, 9.17) is 10.5 Å². The van der Waals surface area contributed by atoms with Gasteiger partial charge in [-0.3, -0.25) is 0 Å². The van der Waals surface area contributed by atoms with Gasteiger partial charge in [0.25, 0.3) is 0 Å². The number of rotatable bonds is 2. The zero-order chi connectivity index (χ0) is 12.4. The van der Waals surface area contributed by atoms with Gasteiger partial charge >= 0.3 is 0 Å². The first-order valence-electron chi connectivity index (χ1n) is 4.74. The van der Waals surface area contributed by atoms with Gasteiger partial charge in [0.2, 0.25) is 0 Å². The smallest absolute Gasteiger partial charge is 0.162 e. The lowest BCUT2D eigenvalue weighted by molar-refractivity contribution is 0.463. The van der Waals surface area contributed by atoms with Crippen molar-refractivity contribution in [2.24, 2.45) is 0 Å². The Morgan fingerprint density at radius 3 is 2.12 bits per heavy atom. The van der Waals surface area contributed by atoms with Crippen LogP contribution >= 0.6 is 0 Å². The molecule has 0 fully saturated rings. The summed E-state index contributed by atoms with van der Waals surface area (Å²) in [6.45, 7) is 0. The molecule has 0 saturated carbocycles. The van der Waals surface area contributed by atoms with Crippen molar-refractivity contribution in [2.75, 3.05) is 5.73 Å². The first kappa shape index (κ1) is 11.3. The van der Waals surface area contributed by atoms with E-state index in [0.717, 1.165) is 12.1 Å². The van der Waals surface area contributed by atoms with Gasteiger partial charge in [-0.25, -0.2) is 13.2 Å². The first-order chi connectivity index (χ1) is 8.06. The molecule has 0 radical (unpaired) electrons. The number of nitrogen functional groups attached to an aromatic ring is 1.